The minimum Gasteiger partial charge on any atom is -0.447 e. The molecule has 0 spiro atoms. The molecule has 0 radical (unpaired) electrons. The molecule has 1 aliphatic heterocycles. The van der Waals surface area contributed by atoms with Gasteiger partial charge in [0.2, 0.25) is 0 Å². The molecule has 0 amide bonds. The Bertz CT molecular complexity index is 168. The van der Waals surface area contributed by atoms with E-state index in [0.29, 0.717) is 6.04 Å². The van der Waals surface area contributed by atoms with E-state index in [1.54, 1.807) is 0 Å². The third-order valence-corrected chi connectivity index (χ3v) is 2.20. The Morgan fingerprint density at radius 1 is 1.58 bits per heavy atom. The van der Waals surface area contributed by atoms with E-state index in [2.05, 4.69) is 18.7 Å². The van der Waals surface area contributed by atoms with Crippen LogP contribution < -0.4 is 0 Å². The van der Waals surface area contributed by atoms with Gasteiger partial charge in [-0.05, 0) is 26.7 Å². The molecule has 0 aromatic rings. The number of likely N-dealkylation sites (tertiary alicyclic amines) is 1. The molecule has 0 aromatic heterocycles. The summed E-state index contributed by atoms with van der Waals surface area (Å²) < 4.78 is 5.17. The van der Waals surface area contributed by atoms with Crippen molar-refractivity contribution in [2.45, 2.75) is 45.9 Å². The summed E-state index contributed by atoms with van der Waals surface area (Å²) >= 11 is 0. The van der Waals surface area contributed by atoms with Crippen LogP contribution in [0.2, 0.25) is 0 Å². The first-order chi connectivity index (χ1) is 5.61. The fourth-order valence-corrected chi connectivity index (χ4v) is 1.67. The van der Waals surface area contributed by atoms with Gasteiger partial charge in [-0.15, -0.1) is 0 Å². The second kappa shape index (κ2) is 3.90. The lowest BCUT2D eigenvalue weighted by molar-refractivity contribution is -0.155. The minimum absolute atomic E-state index is 0.0301. The van der Waals surface area contributed by atoms with Crippen molar-refractivity contribution in [3.8, 4) is 0 Å². The summed E-state index contributed by atoms with van der Waals surface area (Å²) in [5.41, 5.74) is 0. The van der Waals surface area contributed by atoms with Gasteiger partial charge in [0, 0.05) is 19.5 Å². The van der Waals surface area contributed by atoms with Crippen LogP contribution in [0.15, 0.2) is 0 Å². The van der Waals surface area contributed by atoms with Crippen molar-refractivity contribution in [1.29, 1.82) is 0 Å². The van der Waals surface area contributed by atoms with E-state index < -0.39 is 0 Å². The third kappa shape index (κ3) is 2.21. The zero-order chi connectivity index (χ0) is 9.14. The Hall–Kier alpha value is -0.570. The second-order valence-electron chi connectivity index (χ2n) is 3.54. The molecule has 70 valence electrons. The fourth-order valence-electron chi connectivity index (χ4n) is 1.67. The van der Waals surface area contributed by atoms with Crippen LogP contribution in [-0.4, -0.2) is 29.7 Å². The van der Waals surface area contributed by atoms with Crippen LogP contribution in [0.4, 0.5) is 0 Å². The average Bonchev–Trinajstić information content (AvgIpc) is 2.33. The second-order valence-corrected chi connectivity index (χ2v) is 3.54. The number of carbonyl (C=O) groups is 1. The van der Waals surface area contributed by atoms with Crippen molar-refractivity contribution in [1.82, 2.24) is 4.90 Å². The van der Waals surface area contributed by atoms with Crippen molar-refractivity contribution >= 4 is 5.97 Å². The molecule has 0 saturated carbocycles. The SMILES string of the molecule is CC(=O)O[C@H]1CCCN1C(C)C. The van der Waals surface area contributed by atoms with Gasteiger partial charge in [-0.25, -0.2) is 0 Å². The predicted octanol–water partition coefficient (Wildman–Crippen LogP) is 1.38. The topological polar surface area (TPSA) is 29.5 Å². The summed E-state index contributed by atoms with van der Waals surface area (Å²) in [7, 11) is 0. The van der Waals surface area contributed by atoms with Gasteiger partial charge in [-0.3, -0.25) is 9.69 Å². The zero-order valence-corrected chi connectivity index (χ0v) is 8.04. The maximum absolute atomic E-state index is 10.7. The molecule has 0 unspecified atom stereocenters. The Balaban J connectivity index is 2.46. The molecule has 1 fully saturated rings. The van der Waals surface area contributed by atoms with Crippen molar-refractivity contribution in [3.05, 3.63) is 0 Å². The molecule has 1 aliphatic rings. The summed E-state index contributed by atoms with van der Waals surface area (Å²) in [6, 6.07) is 0.469. The average molecular weight is 171 g/mol. The van der Waals surface area contributed by atoms with E-state index in [1.165, 1.54) is 6.92 Å². The van der Waals surface area contributed by atoms with Gasteiger partial charge in [0.25, 0.3) is 0 Å². The van der Waals surface area contributed by atoms with Crippen molar-refractivity contribution in [2.75, 3.05) is 6.54 Å². The van der Waals surface area contributed by atoms with Crippen molar-refractivity contribution in [3.63, 3.8) is 0 Å². The summed E-state index contributed by atoms with van der Waals surface area (Å²) in [6.07, 6.45) is 2.15. The van der Waals surface area contributed by atoms with Gasteiger partial charge >= 0.3 is 5.97 Å². The zero-order valence-electron chi connectivity index (χ0n) is 8.04. The highest BCUT2D eigenvalue weighted by Crippen LogP contribution is 2.20. The number of carbonyl (C=O) groups excluding carboxylic acids is 1. The maximum Gasteiger partial charge on any atom is 0.304 e. The first-order valence-corrected chi connectivity index (χ1v) is 4.54. The lowest BCUT2D eigenvalue weighted by Gasteiger charge is -2.27. The van der Waals surface area contributed by atoms with Crippen LogP contribution in [0.25, 0.3) is 0 Å². The van der Waals surface area contributed by atoms with Gasteiger partial charge in [0.15, 0.2) is 6.23 Å². The van der Waals surface area contributed by atoms with Crippen LogP contribution in [0.3, 0.4) is 0 Å². The molecular formula is C9H17NO2. The monoisotopic (exact) mass is 171 g/mol. The molecule has 1 atom stereocenters. The van der Waals surface area contributed by atoms with Gasteiger partial charge in [0.05, 0.1) is 0 Å². The summed E-state index contributed by atoms with van der Waals surface area (Å²) in [5, 5.41) is 0. The van der Waals surface area contributed by atoms with Gasteiger partial charge in [0.1, 0.15) is 0 Å². The number of rotatable bonds is 2. The van der Waals surface area contributed by atoms with E-state index in [9.17, 15) is 4.79 Å². The van der Waals surface area contributed by atoms with Crippen LogP contribution in [0.1, 0.15) is 33.6 Å². The van der Waals surface area contributed by atoms with Crippen molar-refractivity contribution in [2.24, 2.45) is 0 Å². The molecule has 0 N–H and O–H groups in total. The Morgan fingerprint density at radius 2 is 2.25 bits per heavy atom. The first kappa shape index (κ1) is 9.52. The Kier molecular flexibility index (Phi) is 3.09. The van der Waals surface area contributed by atoms with E-state index >= 15 is 0 Å². The molecule has 1 rings (SSSR count). The molecule has 1 heterocycles. The maximum atomic E-state index is 10.7. The lowest BCUT2D eigenvalue weighted by atomic mass is 10.3. The number of hydrogen-bond donors (Lipinski definition) is 0. The number of esters is 1. The molecule has 1 saturated heterocycles. The van der Waals surface area contributed by atoms with E-state index in [0.717, 1.165) is 19.4 Å². The summed E-state index contributed by atoms with van der Waals surface area (Å²) in [5.74, 6) is -0.174. The summed E-state index contributed by atoms with van der Waals surface area (Å²) in [6.45, 7) is 6.77. The highest BCUT2D eigenvalue weighted by molar-refractivity contribution is 5.66. The molecule has 0 bridgehead atoms. The lowest BCUT2D eigenvalue weighted by Crippen LogP contribution is -2.37. The fraction of sp³-hybridized carbons (Fsp3) is 0.889. The smallest absolute Gasteiger partial charge is 0.304 e. The van der Waals surface area contributed by atoms with Gasteiger partial charge in [-0.1, -0.05) is 0 Å². The standard InChI is InChI=1S/C9H17NO2/c1-7(2)10-6-4-5-9(10)12-8(3)11/h7,9H,4-6H2,1-3H3/t9-/m0/s1. The minimum atomic E-state index is -0.174. The molecule has 12 heavy (non-hydrogen) atoms. The van der Waals surface area contributed by atoms with Crippen LogP contribution in [0.5, 0.6) is 0 Å². The van der Waals surface area contributed by atoms with Crippen molar-refractivity contribution < 1.29 is 9.53 Å². The van der Waals surface area contributed by atoms with E-state index in [4.69, 9.17) is 4.74 Å². The van der Waals surface area contributed by atoms with Gasteiger partial charge < -0.3 is 4.74 Å². The number of ether oxygens (including phenoxy) is 1. The largest absolute Gasteiger partial charge is 0.447 e. The van der Waals surface area contributed by atoms with E-state index in [-0.39, 0.29) is 12.2 Å². The highest BCUT2D eigenvalue weighted by atomic mass is 16.6. The molecule has 0 aliphatic carbocycles. The Labute approximate surface area is 73.7 Å². The Morgan fingerprint density at radius 3 is 2.75 bits per heavy atom. The predicted molar refractivity (Wildman–Crippen MR) is 46.6 cm³/mol. The first-order valence-electron chi connectivity index (χ1n) is 4.54. The molecule has 3 heteroatoms. The molecule has 0 aromatic carbocycles. The quantitative estimate of drug-likeness (QED) is 0.588. The third-order valence-electron chi connectivity index (χ3n) is 2.20. The van der Waals surface area contributed by atoms with Crippen LogP contribution in [-0.2, 0) is 9.53 Å². The molecule has 3 nitrogen and oxygen atoms in total. The molecular weight excluding hydrogens is 154 g/mol. The van der Waals surface area contributed by atoms with Crippen LogP contribution >= 0.6 is 0 Å². The van der Waals surface area contributed by atoms with E-state index in [1.807, 2.05) is 0 Å². The van der Waals surface area contributed by atoms with Gasteiger partial charge in [-0.2, -0.15) is 0 Å². The number of nitrogens with zero attached hydrogens (tertiary/aromatic N) is 1. The van der Waals surface area contributed by atoms with Crippen LogP contribution in [0, 0.1) is 0 Å². The normalized spacial score (nSPS) is 24.8. The highest BCUT2D eigenvalue weighted by Gasteiger charge is 2.28. The number of hydrogen-bond acceptors (Lipinski definition) is 3. The summed E-state index contributed by atoms with van der Waals surface area (Å²) in [4.78, 5) is 12.9.